The zero-order valence-electron chi connectivity index (χ0n) is 7.29. The minimum absolute atomic E-state index is 0.0621. The molecule has 1 rings (SSSR count). The number of carbonyl (C=O) groups is 2. The van der Waals surface area contributed by atoms with Crippen LogP contribution in [0.25, 0.3) is 0 Å². The van der Waals surface area contributed by atoms with Crippen LogP contribution >= 0.6 is 15.9 Å². The van der Waals surface area contributed by atoms with E-state index < -0.39 is 12.1 Å². The van der Waals surface area contributed by atoms with Gasteiger partial charge in [0.2, 0.25) is 0 Å². The lowest BCUT2D eigenvalue weighted by atomic mass is 10.1. The summed E-state index contributed by atoms with van der Waals surface area (Å²) in [5.41, 5.74) is 0. The van der Waals surface area contributed by atoms with Gasteiger partial charge in [-0.15, -0.1) is 0 Å². The summed E-state index contributed by atoms with van der Waals surface area (Å²) in [5.74, 6) is -0.532. The Morgan fingerprint density at radius 2 is 1.85 bits per heavy atom. The van der Waals surface area contributed by atoms with Gasteiger partial charge in [-0.25, -0.2) is 4.79 Å². The van der Waals surface area contributed by atoms with Gasteiger partial charge in [0.25, 0.3) is 0 Å². The average Bonchev–Trinajstić information content (AvgIpc) is 2.19. The maximum absolute atomic E-state index is 11.2. The number of amides is 1. The summed E-state index contributed by atoms with van der Waals surface area (Å²) in [7, 11) is 0. The van der Waals surface area contributed by atoms with Crippen LogP contribution in [0.5, 0.6) is 0 Å². The summed E-state index contributed by atoms with van der Waals surface area (Å²) < 4.78 is 4.54. The van der Waals surface area contributed by atoms with Crippen molar-refractivity contribution in [3.63, 3.8) is 0 Å². The van der Waals surface area contributed by atoms with Gasteiger partial charge < -0.3 is 9.64 Å². The second-order valence-corrected chi connectivity index (χ2v) is 3.48. The van der Waals surface area contributed by atoms with Gasteiger partial charge in [-0.05, 0) is 19.3 Å². The fourth-order valence-corrected chi connectivity index (χ4v) is 1.38. The molecule has 5 heteroatoms. The molecule has 0 spiro atoms. The number of rotatable bonds is 1. The fraction of sp³-hybridized carbons (Fsp3) is 0.750. The molecule has 0 unspecified atom stereocenters. The highest BCUT2D eigenvalue weighted by atomic mass is 79.9. The second kappa shape index (κ2) is 5.21. The first kappa shape index (κ1) is 10.5. The molecule has 1 heterocycles. The molecule has 4 nitrogen and oxygen atoms in total. The van der Waals surface area contributed by atoms with Crippen LogP contribution in [-0.2, 0) is 9.53 Å². The lowest BCUT2D eigenvalue weighted by Gasteiger charge is -2.24. The number of esters is 1. The van der Waals surface area contributed by atoms with E-state index in [1.165, 1.54) is 0 Å². The third-order valence-corrected chi connectivity index (χ3v) is 2.38. The number of likely N-dealkylation sites (tertiary alicyclic amines) is 1. The van der Waals surface area contributed by atoms with Crippen LogP contribution in [0, 0.1) is 0 Å². The van der Waals surface area contributed by atoms with E-state index in [0.29, 0.717) is 13.1 Å². The molecule has 0 aromatic heterocycles. The minimum atomic E-state index is -0.532. The van der Waals surface area contributed by atoms with E-state index in [4.69, 9.17) is 0 Å². The Labute approximate surface area is 85.4 Å². The van der Waals surface area contributed by atoms with E-state index in [2.05, 4.69) is 20.7 Å². The maximum atomic E-state index is 11.2. The molecule has 0 aromatic rings. The number of ether oxygens (including phenoxy) is 1. The molecule has 1 aliphatic rings. The largest absolute Gasteiger partial charge is 0.417 e. The highest BCUT2D eigenvalue weighted by Crippen LogP contribution is 2.09. The lowest BCUT2D eigenvalue weighted by molar-refractivity contribution is -0.135. The van der Waals surface area contributed by atoms with Crippen LogP contribution in [0.1, 0.15) is 19.3 Å². The second-order valence-electron chi connectivity index (χ2n) is 2.92. The van der Waals surface area contributed by atoms with Crippen LogP contribution in [-0.4, -0.2) is 35.4 Å². The van der Waals surface area contributed by atoms with Crippen molar-refractivity contribution in [2.75, 3.05) is 18.4 Å². The SMILES string of the molecule is O=C(CBr)OC(=O)N1CCCCC1. The standard InChI is InChI=1S/C8H12BrNO3/c9-6-7(11)13-8(12)10-4-2-1-3-5-10/h1-6H2. The Bertz CT molecular complexity index is 202. The molecule has 0 N–H and O–H groups in total. The van der Waals surface area contributed by atoms with Crippen molar-refractivity contribution in [2.45, 2.75) is 19.3 Å². The van der Waals surface area contributed by atoms with E-state index in [1.54, 1.807) is 4.90 Å². The Hall–Kier alpha value is -0.580. The first-order valence-electron chi connectivity index (χ1n) is 4.29. The van der Waals surface area contributed by atoms with E-state index in [9.17, 15) is 9.59 Å². The van der Waals surface area contributed by atoms with Crippen molar-refractivity contribution < 1.29 is 14.3 Å². The first-order chi connectivity index (χ1) is 6.24. The van der Waals surface area contributed by atoms with Crippen molar-refractivity contribution in [1.29, 1.82) is 0 Å². The molecule has 0 atom stereocenters. The summed E-state index contributed by atoms with van der Waals surface area (Å²) in [5, 5.41) is 0.0621. The third kappa shape index (κ3) is 3.34. The molecule has 0 bridgehead atoms. The number of halogens is 1. The summed E-state index contributed by atoms with van der Waals surface area (Å²) in [6, 6.07) is 0. The third-order valence-electron chi connectivity index (χ3n) is 1.92. The van der Waals surface area contributed by atoms with Crippen molar-refractivity contribution >= 4 is 28.0 Å². The van der Waals surface area contributed by atoms with Gasteiger partial charge in [0.15, 0.2) is 0 Å². The molecule has 1 fully saturated rings. The van der Waals surface area contributed by atoms with Gasteiger partial charge in [-0.1, -0.05) is 15.9 Å². The molecule has 0 aliphatic carbocycles. The van der Waals surface area contributed by atoms with Crippen molar-refractivity contribution in [3.05, 3.63) is 0 Å². The smallest absolute Gasteiger partial charge is 0.375 e. The molecule has 13 heavy (non-hydrogen) atoms. The first-order valence-corrected chi connectivity index (χ1v) is 5.41. The quantitative estimate of drug-likeness (QED) is 0.403. The van der Waals surface area contributed by atoms with Gasteiger partial charge in [-0.2, -0.15) is 0 Å². The number of hydrogen-bond donors (Lipinski definition) is 0. The molecule has 74 valence electrons. The average molecular weight is 250 g/mol. The summed E-state index contributed by atoms with van der Waals surface area (Å²) in [6.07, 6.45) is 2.63. The predicted molar refractivity (Wildman–Crippen MR) is 50.7 cm³/mol. The number of carbonyl (C=O) groups excluding carboxylic acids is 2. The number of alkyl halides is 1. The number of piperidine rings is 1. The van der Waals surface area contributed by atoms with Crippen LogP contribution < -0.4 is 0 Å². The highest BCUT2D eigenvalue weighted by Gasteiger charge is 2.19. The fourth-order valence-electron chi connectivity index (χ4n) is 1.27. The van der Waals surface area contributed by atoms with Gasteiger partial charge in [0.1, 0.15) is 5.33 Å². The summed E-state index contributed by atoms with van der Waals surface area (Å²) in [6.45, 7) is 1.41. The minimum Gasteiger partial charge on any atom is -0.375 e. The van der Waals surface area contributed by atoms with Crippen LogP contribution in [0.15, 0.2) is 0 Å². The maximum Gasteiger partial charge on any atom is 0.417 e. The molecule has 1 aliphatic heterocycles. The number of hydrogen-bond acceptors (Lipinski definition) is 3. The molecule has 0 aromatic carbocycles. The van der Waals surface area contributed by atoms with Crippen molar-refractivity contribution in [3.8, 4) is 0 Å². The normalized spacial score (nSPS) is 16.8. The predicted octanol–water partition coefficient (Wildman–Crippen LogP) is 1.53. The van der Waals surface area contributed by atoms with E-state index in [0.717, 1.165) is 19.3 Å². The van der Waals surface area contributed by atoms with Crippen LogP contribution in [0.2, 0.25) is 0 Å². The van der Waals surface area contributed by atoms with Crippen molar-refractivity contribution in [2.24, 2.45) is 0 Å². The summed E-state index contributed by atoms with van der Waals surface area (Å²) >= 11 is 2.92. The molecule has 1 saturated heterocycles. The molecule has 0 radical (unpaired) electrons. The van der Waals surface area contributed by atoms with Gasteiger partial charge in [0.05, 0.1) is 0 Å². The Morgan fingerprint density at radius 3 is 2.38 bits per heavy atom. The molecule has 0 saturated carbocycles. The van der Waals surface area contributed by atoms with E-state index in [1.807, 2.05) is 0 Å². The van der Waals surface area contributed by atoms with E-state index >= 15 is 0 Å². The molecular formula is C8H12BrNO3. The van der Waals surface area contributed by atoms with E-state index in [-0.39, 0.29) is 5.33 Å². The van der Waals surface area contributed by atoms with Crippen molar-refractivity contribution in [1.82, 2.24) is 4.90 Å². The number of nitrogens with zero attached hydrogens (tertiary/aromatic N) is 1. The lowest BCUT2D eigenvalue weighted by Crippen LogP contribution is -2.37. The van der Waals surface area contributed by atoms with Gasteiger partial charge >= 0.3 is 12.1 Å². The Balaban J connectivity index is 2.33. The molecule has 1 amide bonds. The van der Waals surface area contributed by atoms with Crippen LogP contribution in [0.3, 0.4) is 0 Å². The van der Waals surface area contributed by atoms with Gasteiger partial charge in [-0.3, -0.25) is 4.79 Å². The summed E-state index contributed by atoms with van der Waals surface area (Å²) in [4.78, 5) is 23.6. The highest BCUT2D eigenvalue weighted by molar-refractivity contribution is 9.09. The van der Waals surface area contributed by atoms with Crippen LogP contribution in [0.4, 0.5) is 4.79 Å². The van der Waals surface area contributed by atoms with Gasteiger partial charge in [0, 0.05) is 13.1 Å². The Kier molecular flexibility index (Phi) is 4.21. The topological polar surface area (TPSA) is 46.6 Å². The zero-order valence-corrected chi connectivity index (χ0v) is 8.88. The zero-order chi connectivity index (χ0) is 9.68. The molecular weight excluding hydrogens is 238 g/mol. The Morgan fingerprint density at radius 1 is 1.23 bits per heavy atom. The monoisotopic (exact) mass is 249 g/mol.